The number of aldehydes is 1. The normalized spacial score (nSPS) is 11.0. The van der Waals surface area contributed by atoms with Gasteiger partial charge in [0.25, 0.3) is 0 Å². The molecule has 0 aliphatic heterocycles. The first-order valence-corrected chi connectivity index (χ1v) is 5.90. The minimum Gasteiger partial charge on any atom is -0.456 e. The number of esters is 1. The van der Waals surface area contributed by atoms with Crippen LogP contribution in [0, 0.1) is 3.57 Å². The zero-order chi connectivity index (χ0) is 12.3. The third kappa shape index (κ3) is 3.30. The summed E-state index contributed by atoms with van der Waals surface area (Å²) in [5.41, 5.74) is 0.146. The molecule has 1 aromatic carbocycles. The Hall–Kier alpha value is -0.910. The van der Waals surface area contributed by atoms with Gasteiger partial charge in [-0.2, -0.15) is 0 Å². The van der Waals surface area contributed by atoms with Gasteiger partial charge in [0.2, 0.25) is 0 Å². The summed E-state index contributed by atoms with van der Waals surface area (Å²) in [7, 11) is 0. The molecule has 0 fully saturated rings. The number of carbonyl (C=O) groups excluding carboxylic acids is 2. The molecule has 0 spiro atoms. The van der Waals surface area contributed by atoms with Crippen molar-refractivity contribution in [3.05, 3.63) is 32.9 Å². The number of hydrogen-bond acceptors (Lipinski definition) is 3. The second-order valence-corrected chi connectivity index (χ2v) is 5.48. The van der Waals surface area contributed by atoms with Gasteiger partial charge in [-0.25, -0.2) is 4.79 Å². The van der Waals surface area contributed by atoms with Gasteiger partial charge >= 0.3 is 5.97 Å². The van der Waals surface area contributed by atoms with E-state index < -0.39 is 11.6 Å². The van der Waals surface area contributed by atoms with Gasteiger partial charge in [0.05, 0.1) is 5.56 Å². The predicted octanol–water partition coefficient (Wildman–Crippen LogP) is 3.06. The fourth-order valence-corrected chi connectivity index (χ4v) is 1.79. The molecule has 0 N–H and O–H groups in total. The van der Waals surface area contributed by atoms with E-state index in [1.807, 2.05) is 22.6 Å². The molecule has 0 saturated carbocycles. The van der Waals surface area contributed by atoms with Crippen molar-refractivity contribution >= 4 is 34.8 Å². The van der Waals surface area contributed by atoms with Crippen molar-refractivity contribution < 1.29 is 14.3 Å². The van der Waals surface area contributed by atoms with E-state index in [1.165, 1.54) is 0 Å². The molecule has 16 heavy (non-hydrogen) atoms. The average Bonchev–Trinajstić information content (AvgIpc) is 2.14. The van der Waals surface area contributed by atoms with Crippen molar-refractivity contribution in [2.45, 2.75) is 26.4 Å². The summed E-state index contributed by atoms with van der Waals surface area (Å²) >= 11 is 2.02. The number of rotatable bonds is 2. The molecule has 1 aromatic rings. The fourth-order valence-electron chi connectivity index (χ4n) is 1.17. The minimum absolute atomic E-state index is 0.317. The first-order valence-electron chi connectivity index (χ1n) is 4.82. The van der Waals surface area contributed by atoms with E-state index in [9.17, 15) is 9.59 Å². The highest BCUT2D eigenvalue weighted by Crippen LogP contribution is 2.18. The summed E-state index contributed by atoms with van der Waals surface area (Å²) in [6, 6.07) is 5.10. The third-order valence-corrected chi connectivity index (χ3v) is 2.73. The van der Waals surface area contributed by atoms with E-state index in [2.05, 4.69) is 0 Å². The summed E-state index contributed by atoms with van der Waals surface area (Å²) in [4.78, 5) is 22.7. The molecular formula is C12H13IO3. The van der Waals surface area contributed by atoms with Crippen molar-refractivity contribution in [2.75, 3.05) is 0 Å². The summed E-state index contributed by atoms with van der Waals surface area (Å²) in [6.07, 6.45) is 0.682. The number of hydrogen-bond donors (Lipinski definition) is 0. The smallest absolute Gasteiger partial charge is 0.339 e. The first kappa shape index (κ1) is 13.2. The van der Waals surface area contributed by atoms with Crippen LogP contribution in [0.2, 0.25) is 0 Å². The molecule has 0 bridgehead atoms. The lowest BCUT2D eigenvalue weighted by Gasteiger charge is -2.20. The van der Waals surface area contributed by atoms with Crippen molar-refractivity contribution in [1.82, 2.24) is 0 Å². The van der Waals surface area contributed by atoms with Crippen LogP contribution < -0.4 is 0 Å². The van der Waals surface area contributed by atoms with Crippen LogP contribution in [0.1, 0.15) is 41.5 Å². The van der Waals surface area contributed by atoms with Crippen molar-refractivity contribution in [3.63, 3.8) is 0 Å². The highest BCUT2D eigenvalue weighted by molar-refractivity contribution is 14.1. The average molecular weight is 332 g/mol. The Morgan fingerprint density at radius 2 is 2.00 bits per heavy atom. The standard InChI is InChI=1S/C12H13IO3/c1-12(2,3)16-11(15)8-5-4-6-10(13)9(8)7-14/h4-7H,1-3H3. The number of halogens is 1. The number of carbonyl (C=O) groups is 2. The van der Waals surface area contributed by atoms with Crippen LogP contribution in [0.15, 0.2) is 18.2 Å². The minimum atomic E-state index is -0.557. The molecule has 0 heterocycles. The monoisotopic (exact) mass is 332 g/mol. The molecule has 0 unspecified atom stereocenters. The summed E-state index contributed by atoms with van der Waals surface area (Å²) in [5, 5.41) is 0. The van der Waals surface area contributed by atoms with Gasteiger partial charge < -0.3 is 4.74 Å². The van der Waals surface area contributed by atoms with Crippen LogP contribution in [-0.4, -0.2) is 17.9 Å². The molecule has 0 radical (unpaired) electrons. The second kappa shape index (κ2) is 4.95. The molecular weight excluding hydrogens is 319 g/mol. The maximum atomic E-state index is 11.8. The fraction of sp³-hybridized carbons (Fsp3) is 0.333. The predicted molar refractivity (Wildman–Crippen MR) is 69.7 cm³/mol. The molecule has 0 atom stereocenters. The Kier molecular flexibility index (Phi) is 4.07. The van der Waals surface area contributed by atoms with Crippen LogP contribution >= 0.6 is 22.6 Å². The molecule has 0 aromatic heterocycles. The summed E-state index contributed by atoms with van der Waals surface area (Å²) < 4.78 is 5.97. The Morgan fingerprint density at radius 1 is 1.38 bits per heavy atom. The van der Waals surface area contributed by atoms with Crippen LogP contribution in [-0.2, 0) is 4.74 Å². The van der Waals surface area contributed by atoms with Crippen LogP contribution in [0.4, 0.5) is 0 Å². The first-order chi connectivity index (χ1) is 7.35. The zero-order valence-corrected chi connectivity index (χ0v) is 11.6. The summed E-state index contributed by atoms with van der Waals surface area (Å²) in [5.74, 6) is -0.465. The number of benzene rings is 1. The maximum absolute atomic E-state index is 11.8. The van der Waals surface area contributed by atoms with Crippen LogP contribution in [0.5, 0.6) is 0 Å². The molecule has 0 aliphatic rings. The molecule has 0 amide bonds. The molecule has 0 aliphatic carbocycles. The van der Waals surface area contributed by atoms with E-state index in [0.29, 0.717) is 17.4 Å². The lowest BCUT2D eigenvalue weighted by molar-refractivity contribution is 0.00681. The molecule has 1 rings (SSSR count). The second-order valence-electron chi connectivity index (χ2n) is 4.32. The lowest BCUT2D eigenvalue weighted by Crippen LogP contribution is -2.24. The SMILES string of the molecule is CC(C)(C)OC(=O)c1cccc(I)c1C=O. The maximum Gasteiger partial charge on any atom is 0.339 e. The van der Waals surface area contributed by atoms with E-state index in [4.69, 9.17) is 4.74 Å². The van der Waals surface area contributed by atoms with Gasteiger partial charge in [-0.3, -0.25) is 4.79 Å². The van der Waals surface area contributed by atoms with Gasteiger partial charge in [-0.1, -0.05) is 6.07 Å². The Balaban J connectivity index is 3.09. The van der Waals surface area contributed by atoms with Crippen molar-refractivity contribution in [1.29, 1.82) is 0 Å². The number of ether oxygens (including phenoxy) is 1. The van der Waals surface area contributed by atoms with Gasteiger partial charge in [0, 0.05) is 9.13 Å². The largest absolute Gasteiger partial charge is 0.456 e. The third-order valence-electron chi connectivity index (χ3n) is 1.79. The van der Waals surface area contributed by atoms with Crippen molar-refractivity contribution in [3.8, 4) is 0 Å². The lowest BCUT2D eigenvalue weighted by atomic mass is 10.1. The highest BCUT2D eigenvalue weighted by atomic mass is 127. The molecule has 3 nitrogen and oxygen atoms in total. The Bertz CT molecular complexity index is 419. The van der Waals surface area contributed by atoms with Crippen LogP contribution in [0.25, 0.3) is 0 Å². The molecule has 0 saturated heterocycles. The molecule has 4 heteroatoms. The van der Waals surface area contributed by atoms with Gasteiger partial charge in [0.1, 0.15) is 5.60 Å². The zero-order valence-electron chi connectivity index (χ0n) is 9.41. The topological polar surface area (TPSA) is 43.4 Å². The van der Waals surface area contributed by atoms with E-state index in [0.717, 1.165) is 3.57 Å². The summed E-state index contributed by atoms with van der Waals surface area (Å²) in [6.45, 7) is 5.37. The quantitative estimate of drug-likeness (QED) is 0.475. The van der Waals surface area contributed by atoms with Gasteiger partial charge in [0.15, 0.2) is 6.29 Å². The van der Waals surface area contributed by atoms with Crippen LogP contribution in [0.3, 0.4) is 0 Å². The van der Waals surface area contributed by atoms with E-state index in [1.54, 1.807) is 39.0 Å². The van der Waals surface area contributed by atoms with E-state index in [-0.39, 0.29) is 0 Å². The van der Waals surface area contributed by atoms with Crippen molar-refractivity contribution in [2.24, 2.45) is 0 Å². The molecule has 86 valence electrons. The van der Waals surface area contributed by atoms with Gasteiger partial charge in [-0.15, -0.1) is 0 Å². The Labute approximate surface area is 108 Å². The Morgan fingerprint density at radius 3 is 2.50 bits per heavy atom. The van der Waals surface area contributed by atoms with E-state index >= 15 is 0 Å². The van der Waals surface area contributed by atoms with Gasteiger partial charge in [-0.05, 0) is 55.5 Å². The highest BCUT2D eigenvalue weighted by Gasteiger charge is 2.20.